The summed E-state index contributed by atoms with van der Waals surface area (Å²) in [5.74, 6) is 0.875. The largest absolute Gasteiger partial charge is 0.379 e. The molecule has 4 nitrogen and oxygen atoms in total. The van der Waals surface area contributed by atoms with Gasteiger partial charge in [-0.1, -0.05) is 6.92 Å². The second kappa shape index (κ2) is 8.20. The third-order valence-electron chi connectivity index (χ3n) is 4.70. The van der Waals surface area contributed by atoms with Crippen LogP contribution in [0.25, 0.3) is 0 Å². The minimum atomic E-state index is 0.686. The zero-order valence-electron chi connectivity index (χ0n) is 12.7. The number of rotatable bonds is 6. The highest BCUT2D eigenvalue weighted by Crippen LogP contribution is 2.20. The van der Waals surface area contributed by atoms with Crippen LogP contribution in [0.3, 0.4) is 0 Å². The summed E-state index contributed by atoms with van der Waals surface area (Å²) < 4.78 is 5.39. The Balaban J connectivity index is 1.60. The van der Waals surface area contributed by atoms with Crippen LogP contribution in [-0.4, -0.2) is 74.9 Å². The summed E-state index contributed by atoms with van der Waals surface area (Å²) in [6.45, 7) is 14.7. The lowest BCUT2D eigenvalue weighted by Gasteiger charge is -2.36. The Labute approximate surface area is 118 Å². The highest BCUT2D eigenvalue weighted by Gasteiger charge is 2.23. The second-order valence-corrected chi connectivity index (χ2v) is 5.98. The lowest BCUT2D eigenvalue weighted by atomic mass is 9.90. The molecule has 0 bridgehead atoms. The Kier molecular flexibility index (Phi) is 6.57. The van der Waals surface area contributed by atoms with Gasteiger partial charge in [0.15, 0.2) is 0 Å². The molecule has 0 aromatic rings. The number of morpholine rings is 1. The molecule has 112 valence electrons. The molecule has 2 fully saturated rings. The van der Waals surface area contributed by atoms with Crippen LogP contribution in [0.2, 0.25) is 0 Å². The van der Waals surface area contributed by atoms with Crippen LogP contribution in [0.15, 0.2) is 0 Å². The van der Waals surface area contributed by atoms with Gasteiger partial charge in [-0.05, 0) is 45.3 Å². The van der Waals surface area contributed by atoms with E-state index >= 15 is 0 Å². The van der Waals surface area contributed by atoms with Crippen LogP contribution in [0, 0.1) is 5.92 Å². The Bertz CT molecular complexity index is 236. The molecule has 1 atom stereocenters. The number of hydrogen-bond donors (Lipinski definition) is 1. The fourth-order valence-electron chi connectivity index (χ4n) is 3.27. The molecule has 0 saturated carbocycles. The van der Waals surface area contributed by atoms with E-state index in [9.17, 15) is 0 Å². The average Bonchev–Trinajstić information content (AvgIpc) is 2.47. The number of likely N-dealkylation sites (tertiary alicyclic amines) is 1. The van der Waals surface area contributed by atoms with E-state index in [0.717, 1.165) is 38.8 Å². The van der Waals surface area contributed by atoms with Crippen LogP contribution in [0.4, 0.5) is 0 Å². The molecule has 0 amide bonds. The van der Waals surface area contributed by atoms with Crippen molar-refractivity contribution in [2.45, 2.75) is 32.7 Å². The van der Waals surface area contributed by atoms with E-state index in [1.165, 1.54) is 39.0 Å². The molecule has 2 aliphatic heterocycles. The quantitative estimate of drug-likeness (QED) is 0.779. The maximum absolute atomic E-state index is 5.39. The molecular formula is C15H31N3O. The molecule has 2 aliphatic rings. The molecule has 1 unspecified atom stereocenters. The van der Waals surface area contributed by atoms with Gasteiger partial charge < -0.3 is 15.0 Å². The van der Waals surface area contributed by atoms with Crippen molar-refractivity contribution in [1.29, 1.82) is 0 Å². The van der Waals surface area contributed by atoms with E-state index in [1.807, 2.05) is 0 Å². The third kappa shape index (κ3) is 5.03. The molecular weight excluding hydrogens is 238 g/mol. The van der Waals surface area contributed by atoms with Gasteiger partial charge in [-0.15, -0.1) is 0 Å². The molecule has 19 heavy (non-hydrogen) atoms. The minimum Gasteiger partial charge on any atom is -0.379 e. The van der Waals surface area contributed by atoms with Crippen molar-refractivity contribution in [3.8, 4) is 0 Å². The summed E-state index contributed by atoms with van der Waals surface area (Å²) in [5, 5.41) is 3.57. The molecule has 4 heteroatoms. The number of ether oxygens (including phenoxy) is 1. The van der Waals surface area contributed by atoms with Crippen molar-refractivity contribution in [2.75, 3.05) is 59.0 Å². The smallest absolute Gasteiger partial charge is 0.0594 e. The van der Waals surface area contributed by atoms with Gasteiger partial charge in [0, 0.05) is 32.2 Å². The van der Waals surface area contributed by atoms with Crippen molar-refractivity contribution in [3.63, 3.8) is 0 Å². The first-order valence-electron chi connectivity index (χ1n) is 8.05. The summed E-state index contributed by atoms with van der Waals surface area (Å²) in [7, 11) is 0. The molecule has 1 N–H and O–H groups in total. The zero-order chi connectivity index (χ0) is 13.5. The highest BCUT2D eigenvalue weighted by molar-refractivity contribution is 4.79. The normalized spacial score (nSPS) is 25.6. The van der Waals surface area contributed by atoms with Crippen LogP contribution < -0.4 is 5.32 Å². The van der Waals surface area contributed by atoms with Gasteiger partial charge >= 0.3 is 0 Å². The van der Waals surface area contributed by atoms with Crippen LogP contribution in [-0.2, 0) is 4.74 Å². The van der Waals surface area contributed by atoms with E-state index in [-0.39, 0.29) is 0 Å². The summed E-state index contributed by atoms with van der Waals surface area (Å²) in [5.41, 5.74) is 0. The number of nitrogens with zero attached hydrogens (tertiary/aromatic N) is 2. The molecule has 0 aliphatic carbocycles. The standard InChI is InChI=1S/C15H31N3O/c1-3-16-14(2)15-4-6-17(7-5-15)8-9-18-10-12-19-13-11-18/h14-16H,3-13H2,1-2H3. The van der Waals surface area contributed by atoms with E-state index < -0.39 is 0 Å². The number of hydrogen-bond acceptors (Lipinski definition) is 4. The van der Waals surface area contributed by atoms with E-state index in [1.54, 1.807) is 0 Å². The topological polar surface area (TPSA) is 27.7 Å². The van der Waals surface area contributed by atoms with Crippen LogP contribution >= 0.6 is 0 Å². The predicted octanol–water partition coefficient (Wildman–Crippen LogP) is 1.03. The van der Waals surface area contributed by atoms with Crippen molar-refractivity contribution in [3.05, 3.63) is 0 Å². The monoisotopic (exact) mass is 269 g/mol. The Morgan fingerprint density at radius 2 is 1.63 bits per heavy atom. The summed E-state index contributed by atoms with van der Waals surface area (Å²) in [4.78, 5) is 5.18. The highest BCUT2D eigenvalue weighted by atomic mass is 16.5. The number of piperidine rings is 1. The van der Waals surface area contributed by atoms with Gasteiger partial charge in [-0.2, -0.15) is 0 Å². The van der Waals surface area contributed by atoms with Crippen molar-refractivity contribution < 1.29 is 4.74 Å². The second-order valence-electron chi connectivity index (χ2n) is 5.98. The first-order chi connectivity index (χ1) is 9.29. The van der Waals surface area contributed by atoms with Crippen LogP contribution in [0.5, 0.6) is 0 Å². The first-order valence-corrected chi connectivity index (χ1v) is 8.05. The summed E-state index contributed by atoms with van der Waals surface area (Å²) in [6.07, 6.45) is 2.72. The molecule has 2 heterocycles. The molecule has 0 radical (unpaired) electrons. The maximum atomic E-state index is 5.39. The van der Waals surface area contributed by atoms with Gasteiger partial charge in [0.1, 0.15) is 0 Å². The lowest BCUT2D eigenvalue weighted by Crippen LogP contribution is -2.45. The molecule has 2 saturated heterocycles. The third-order valence-corrected chi connectivity index (χ3v) is 4.70. The molecule has 0 aromatic heterocycles. The first kappa shape index (κ1) is 15.2. The van der Waals surface area contributed by atoms with Gasteiger partial charge in [-0.3, -0.25) is 4.90 Å². The predicted molar refractivity (Wildman–Crippen MR) is 79.6 cm³/mol. The van der Waals surface area contributed by atoms with Gasteiger partial charge in [0.2, 0.25) is 0 Å². The maximum Gasteiger partial charge on any atom is 0.0594 e. The van der Waals surface area contributed by atoms with E-state index in [2.05, 4.69) is 29.0 Å². The van der Waals surface area contributed by atoms with Crippen molar-refractivity contribution in [2.24, 2.45) is 5.92 Å². The van der Waals surface area contributed by atoms with Crippen LogP contribution in [0.1, 0.15) is 26.7 Å². The van der Waals surface area contributed by atoms with Gasteiger partial charge in [-0.25, -0.2) is 0 Å². The van der Waals surface area contributed by atoms with Gasteiger partial charge in [0.25, 0.3) is 0 Å². The lowest BCUT2D eigenvalue weighted by molar-refractivity contribution is 0.0310. The zero-order valence-corrected chi connectivity index (χ0v) is 12.7. The Morgan fingerprint density at radius 3 is 2.21 bits per heavy atom. The molecule has 0 spiro atoms. The Morgan fingerprint density at radius 1 is 1.05 bits per heavy atom. The number of nitrogens with one attached hydrogen (secondary N) is 1. The summed E-state index contributed by atoms with van der Waals surface area (Å²) >= 11 is 0. The average molecular weight is 269 g/mol. The fourth-order valence-corrected chi connectivity index (χ4v) is 3.27. The SMILES string of the molecule is CCNC(C)C1CCN(CCN2CCOCC2)CC1. The minimum absolute atomic E-state index is 0.686. The van der Waals surface area contributed by atoms with E-state index in [0.29, 0.717) is 6.04 Å². The fraction of sp³-hybridized carbons (Fsp3) is 1.00. The summed E-state index contributed by atoms with van der Waals surface area (Å²) in [6, 6.07) is 0.686. The Hall–Kier alpha value is -0.160. The van der Waals surface area contributed by atoms with Crippen molar-refractivity contribution in [1.82, 2.24) is 15.1 Å². The molecule has 0 aromatic carbocycles. The molecule has 2 rings (SSSR count). The van der Waals surface area contributed by atoms with Crippen molar-refractivity contribution >= 4 is 0 Å². The van der Waals surface area contributed by atoms with Gasteiger partial charge in [0.05, 0.1) is 13.2 Å². The van der Waals surface area contributed by atoms with E-state index in [4.69, 9.17) is 4.74 Å².